The van der Waals surface area contributed by atoms with Crippen LogP contribution >= 0.6 is 0 Å². The summed E-state index contributed by atoms with van der Waals surface area (Å²) in [5, 5.41) is 30.6. The van der Waals surface area contributed by atoms with Crippen LogP contribution in [0.4, 0.5) is 0 Å². The molecule has 6 nitrogen and oxygen atoms in total. The molecule has 3 aromatic rings. The molecule has 1 aliphatic rings. The van der Waals surface area contributed by atoms with Crippen LogP contribution in [-0.4, -0.2) is 50.0 Å². The fourth-order valence-corrected chi connectivity index (χ4v) is 5.47. The standard InChI is InChI=1S/C30H39N3O3/c1-19-7-25(8-20(2)28(19)34)13-31-16-32(14-26-9-21(3)29(35)22(4)10-26)18-33(17-31)15-27-11-23(5)30(36)24(6)12-27/h7-12,34-36H,13-18H2,1-6H3. The average molecular weight is 490 g/mol. The highest BCUT2D eigenvalue weighted by atomic mass is 16.3. The monoisotopic (exact) mass is 489 g/mol. The van der Waals surface area contributed by atoms with Crippen LogP contribution in [0.5, 0.6) is 17.2 Å². The van der Waals surface area contributed by atoms with Crippen molar-refractivity contribution in [3.63, 3.8) is 0 Å². The van der Waals surface area contributed by atoms with Gasteiger partial charge < -0.3 is 15.3 Å². The summed E-state index contributed by atoms with van der Waals surface area (Å²) < 4.78 is 0. The molecule has 0 radical (unpaired) electrons. The van der Waals surface area contributed by atoms with Crippen LogP contribution in [0.2, 0.25) is 0 Å². The molecule has 1 heterocycles. The van der Waals surface area contributed by atoms with E-state index in [0.29, 0.717) is 17.2 Å². The Kier molecular flexibility index (Phi) is 7.59. The van der Waals surface area contributed by atoms with Crippen LogP contribution in [0, 0.1) is 41.5 Å². The first kappa shape index (κ1) is 26.0. The zero-order valence-corrected chi connectivity index (χ0v) is 22.4. The molecule has 0 aromatic heterocycles. The Morgan fingerprint density at radius 2 is 0.639 bits per heavy atom. The Morgan fingerprint density at radius 1 is 0.444 bits per heavy atom. The normalized spacial score (nSPS) is 15.5. The summed E-state index contributed by atoms with van der Waals surface area (Å²) >= 11 is 0. The number of hydrogen-bond donors (Lipinski definition) is 3. The quantitative estimate of drug-likeness (QED) is 0.434. The van der Waals surface area contributed by atoms with Crippen molar-refractivity contribution in [3.05, 3.63) is 86.5 Å². The third-order valence-electron chi connectivity index (χ3n) is 7.07. The van der Waals surface area contributed by atoms with Crippen molar-refractivity contribution in [2.24, 2.45) is 0 Å². The number of nitrogens with zero attached hydrogens (tertiary/aromatic N) is 3. The molecular weight excluding hydrogens is 450 g/mol. The fourth-order valence-electron chi connectivity index (χ4n) is 5.47. The molecular formula is C30H39N3O3. The van der Waals surface area contributed by atoms with Crippen molar-refractivity contribution in [2.75, 3.05) is 20.0 Å². The summed E-state index contributed by atoms with van der Waals surface area (Å²) in [5.74, 6) is 1.12. The molecule has 1 saturated heterocycles. The van der Waals surface area contributed by atoms with Gasteiger partial charge in [-0.2, -0.15) is 0 Å². The van der Waals surface area contributed by atoms with Gasteiger partial charge in [0.05, 0.1) is 20.0 Å². The Morgan fingerprint density at radius 3 is 0.833 bits per heavy atom. The number of rotatable bonds is 6. The van der Waals surface area contributed by atoms with E-state index in [1.807, 2.05) is 41.5 Å². The van der Waals surface area contributed by atoms with Crippen molar-refractivity contribution < 1.29 is 15.3 Å². The average Bonchev–Trinajstić information content (AvgIpc) is 2.79. The fraction of sp³-hybridized carbons (Fsp3) is 0.400. The number of aromatic hydroxyl groups is 3. The second kappa shape index (κ2) is 10.5. The molecule has 0 atom stereocenters. The van der Waals surface area contributed by atoms with E-state index in [2.05, 4.69) is 51.1 Å². The molecule has 192 valence electrons. The van der Waals surface area contributed by atoms with Gasteiger partial charge in [-0.15, -0.1) is 0 Å². The Balaban J connectivity index is 1.58. The smallest absolute Gasteiger partial charge is 0.121 e. The Hall–Kier alpha value is -3.06. The first-order valence-electron chi connectivity index (χ1n) is 12.5. The molecule has 3 N–H and O–H groups in total. The van der Waals surface area contributed by atoms with E-state index in [-0.39, 0.29) is 0 Å². The minimum atomic E-state index is 0.372. The molecule has 0 spiro atoms. The van der Waals surface area contributed by atoms with Gasteiger partial charge in [-0.1, -0.05) is 36.4 Å². The molecule has 6 heteroatoms. The van der Waals surface area contributed by atoms with Gasteiger partial charge in [-0.05, 0) is 91.6 Å². The largest absolute Gasteiger partial charge is 0.507 e. The first-order chi connectivity index (χ1) is 17.0. The maximum Gasteiger partial charge on any atom is 0.121 e. The van der Waals surface area contributed by atoms with Crippen LogP contribution in [0.3, 0.4) is 0 Å². The van der Waals surface area contributed by atoms with E-state index in [1.54, 1.807) is 0 Å². The summed E-state index contributed by atoms with van der Waals surface area (Å²) in [7, 11) is 0. The lowest BCUT2D eigenvalue weighted by molar-refractivity contribution is -0.0422. The highest BCUT2D eigenvalue weighted by Crippen LogP contribution is 2.28. The highest BCUT2D eigenvalue weighted by molar-refractivity contribution is 5.44. The molecule has 0 aliphatic carbocycles. The molecule has 36 heavy (non-hydrogen) atoms. The van der Waals surface area contributed by atoms with Gasteiger partial charge in [0.2, 0.25) is 0 Å². The Labute approximate surface area is 215 Å². The van der Waals surface area contributed by atoms with Crippen molar-refractivity contribution in [1.29, 1.82) is 0 Å². The van der Waals surface area contributed by atoms with Crippen LogP contribution in [-0.2, 0) is 19.6 Å². The number of aryl methyl sites for hydroxylation is 6. The number of benzene rings is 3. The third-order valence-corrected chi connectivity index (χ3v) is 7.07. The lowest BCUT2D eigenvalue weighted by atomic mass is 10.0. The van der Waals surface area contributed by atoms with Crippen LogP contribution in [0.1, 0.15) is 50.1 Å². The zero-order chi connectivity index (χ0) is 26.1. The van der Waals surface area contributed by atoms with Gasteiger partial charge in [-0.3, -0.25) is 14.7 Å². The molecule has 0 amide bonds. The second-order valence-electron chi connectivity index (χ2n) is 10.6. The van der Waals surface area contributed by atoms with Crippen molar-refractivity contribution >= 4 is 0 Å². The van der Waals surface area contributed by atoms with Crippen molar-refractivity contribution in [1.82, 2.24) is 14.7 Å². The van der Waals surface area contributed by atoms with Gasteiger partial charge in [0, 0.05) is 19.6 Å². The molecule has 0 unspecified atom stereocenters. The number of hydrogen-bond acceptors (Lipinski definition) is 6. The summed E-state index contributed by atoms with van der Waals surface area (Å²) in [6.45, 7) is 16.5. The third kappa shape index (κ3) is 5.84. The van der Waals surface area contributed by atoms with Crippen molar-refractivity contribution in [2.45, 2.75) is 61.2 Å². The Bertz CT molecular complexity index is 1040. The second-order valence-corrected chi connectivity index (χ2v) is 10.6. The molecule has 3 aromatic carbocycles. The van der Waals surface area contributed by atoms with E-state index in [9.17, 15) is 15.3 Å². The molecule has 0 saturated carbocycles. The number of phenols is 3. The summed E-state index contributed by atoms with van der Waals surface area (Å²) in [4.78, 5) is 7.28. The minimum absolute atomic E-state index is 0.372. The van der Waals surface area contributed by atoms with Crippen LogP contribution in [0.25, 0.3) is 0 Å². The molecule has 1 fully saturated rings. The maximum absolute atomic E-state index is 10.2. The lowest BCUT2D eigenvalue weighted by Crippen LogP contribution is -2.53. The first-order valence-corrected chi connectivity index (χ1v) is 12.5. The molecule has 1 aliphatic heterocycles. The maximum atomic E-state index is 10.2. The minimum Gasteiger partial charge on any atom is -0.507 e. The van der Waals surface area contributed by atoms with E-state index in [4.69, 9.17) is 0 Å². The predicted molar refractivity (Wildman–Crippen MR) is 144 cm³/mol. The lowest BCUT2D eigenvalue weighted by Gasteiger charge is -2.42. The van der Waals surface area contributed by atoms with E-state index in [1.165, 1.54) is 16.7 Å². The molecule has 4 rings (SSSR count). The van der Waals surface area contributed by atoms with Crippen LogP contribution in [0.15, 0.2) is 36.4 Å². The van der Waals surface area contributed by atoms with E-state index >= 15 is 0 Å². The van der Waals surface area contributed by atoms with E-state index in [0.717, 1.165) is 73.0 Å². The zero-order valence-electron chi connectivity index (χ0n) is 22.4. The predicted octanol–water partition coefficient (Wildman–Crippen LogP) is 5.35. The van der Waals surface area contributed by atoms with E-state index < -0.39 is 0 Å². The van der Waals surface area contributed by atoms with Gasteiger partial charge in [-0.25, -0.2) is 0 Å². The van der Waals surface area contributed by atoms with Crippen molar-refractivity contribution in [3.8, 4) is 17.2 Å². The van der Waals surface area contributed by atoms with Gasteiger partial charge >= 0.3 is 0 Å². The topological polar surface area (TPSA) is 70.4 Å². The SMILES string of the molecule is Cc1cc(CN2CN(Cc3cc(C)c(O)c(C)c3)CN(Cc3cc(C)c(O)c(C)c3)C2)cc(C)c1O. The van der Waals surface area contributed by atoms with Crippen LogP contribution < -0.4 is 0 Å². The van der Waals surface area contributed by atoms with Gasteiger partial charge in [0.1, 0.15) is 17.2 Å². The van der Waals surface area contributed by atoms with Gasteiger partial charge in [0.15, 0.2) is 0 Å². The summed E-state index contributed by atoms with van der Waals surface area (Å²) in [6, 6.07) is 12.4. The molecule has 0 bridgehead atoms. The number of phenolic OH excluding ortho intramolecular Hbond substituents is 3. The summed E-state index contributed by atoms with van der Waals surface area (Å²) in [6.07, 6.45) is 0. The highest BCUT2D eigenvalue weighted by Gasteiger charge is 2.25. The van der Waals surface area contributed by atoms with Gasteiger partial charge in [0.25, 0.3) is 0 Å². The summed E-state index contributed by atoms with van der Waals surface area (Å²) in [5.41, 5.74) is 9.00.